The molecule has 0 radical (unpaired) electrons. The molecule has 1 aromatic rings. The summed E-state index contributed by atoms with van der Waals surface area (Å²) in [6, 6.07) is 3.59. The van der Waals surface area contributed by atoms with Crippen LogP contribution in [0.3, 0.4) is 0 Å². The smallest absolute Gasteiger partial charge is 0.328 e. The predicted octanol–water partition coefficient (Wildman–Crippen LogP) is -1.90. The van der Waals surface area contributed by atoms with E-state index in [1.165, 1.54) is 18.7 Å². The maximum absolute atomic E-state index is 13.1. The van der Waals surface area contributed by atoms with E-state index < -0.39 is 66.3 Å². The van der Waals surface area contributed by atoms with E-state index in [2.05, 4.69) is 16.0 Å². The lowest BCUT2D eigenvalue weighted by molar-refractivity contribution is -0.145. The van der Waals surface area contributed by atoms with Crippen molar-refractivity contribution >= 4 is 41.4 Å². The van der Waals surface area contributed by atoms with Crippen molar-refractivity contribution in [1.29, 1.82) is 0 Å². The minimum atomic E-state index is -1.59. The SMILES string of the molecule is CSCCC(NC(=O)C(N)CC(N)=O)C(=O)NC(Cc1ccccc1)C(=O)NC(C(=O)O)C(C)O. The number of benzene rings is 1. The molecule has 0 aromatic heterocycles. The Kier molecular flexibility index (Phi) is 12.8. The van der Waals surface area contributed by atoms with Crippen molar-refractivity contribution in [2.24, 2.45) is 11.5 Å². The van der Waals surface area contributed by atoms with Crippen LogP contribution in [0.4, 0.5) is 0 Å². The molecular formula is C22H33N5O7S. The van der Waals surface area contributed by atoms with Crippen molar-refractivity contribution in [1.82, 2.24) is 16.0 Å². The molecule has 13 heteroatoms. The van der Waals surface area contributed by atoms with Crippen LogP contribution in [0, 0.1) is 0 Å². The number of hydrogen-bond acceptors (Lipinski definition) is 8. The molecule has 1 aromatic carbocycles. The number of carbonyl (C=O) groups is 5. The van der Waals surface area contributed by atoms with Gasteiger partial charge in [0.05, 0.1) is 18.6 Å². The Morgan fingerprint density at radius 1 is 0.971 bits per heavy atom. The number of rotatable bonds is 15. The summed E-state index contributed by atoms with van der Waals surface area (Å²) in [6.07, 6.45) is 0.244. The van der Waals surface area contributed by atoms with Gasteiger partial charge in [-0.15, -0.1) is 0 Å². The fraction of sp³-hybridized carbons (Fsp3) is 0.500. The third kappa shape index (κ3) is 10.8. The lowest BCUT2D eigenvalue weighted by atomic mass is 10.0. The molecule has 9 N–H and O–H groups in total. The monoisotopic (exact) mass is 511 g/mol. The van der Waals surface area contributed by atoms with Gasteiger partial charge in [0, 0.05) is 6.42 Å². The molecule has 0 heterocycles. The highest BCUT2D eigenvalue weighted by atomic mass is 32.2. The minimum absolute atomic E-state index is 0.0228. The molecular weight excluding hydrogens is 478 g/mol. The second-order valence-corrected chi connectivity index (χ2v) is 8.92. The van der Waals surface area contributed by atoms with Crippen LogP contribution in [0.5, 0.6) is 0 Å². The summed E-state index contributed by atoms with van der Waals surface area (Å²) in [5.41, 5.74) is 11.4. The molecule has 12 nitrogen and oxygen atoms in total. The zero-order chi connectivity index (χ0) is 26.5. The van der Waals surface area contributed by atoms with Crippen LogP contribution in [0.25, 0.3) is 0 Å². The largest absolute Gasteiger partial charge is 0.480 e. The molecule has 0 aliphatic rings. The van der Waals surface area contributed by atoms with Gasteiger partial charge >= 0.3 is 5.97 Å². The van der Waals surface area contributed by atoms with E-state index in [0.29, 0.717) is 11.3 Å². The highest BCUT2D eigenvalue weighted by molar-refractivity contribution is 7.98. The first-order valence-electron chi connectivity index (χ1n) is 10.8. The molecule has 0 saturated carbocycles. The second-order valence-electron chi connectivity index (χ2n) is 7.94. The molecule has 0 fully saturated rings. The molecule has 0 bridgehead atoms. The van der Waals surface area contributed by atoms with Crippen LogP contribution < -0.4 is 27.4 Å². The number of aliphatic hydroxyl groups excluding tert-OH is 1. The second kappa shape index (κ2) is 15.0. The van der Waals surface area contributed by atoms with E-state index in [4.69, 9.17) is 11.5 Å². The summed E-state index contributed by atoms with van der Waals surface area (Å²) in [6.45, 7) is 1.22. The van der Waals surface area contributed by atoms with E-state index in [1.54, 1.807) is 30.3 Å². The van der Waals surface area contributed by atoms with E-state index in [0.717, 1.165) is 0 Å². The van der Waals surface area contributed by atoms with Crippen molar-refractivity contribution in [3.05, 3.63) is 35.9 Å². The Morgan fingerprint density at radius 3 is 2.06 bits per heavy atom. The molecule has 0 aliphatic carbocycles. The van der Waals surface area contributed by atoms with Crippen LogP contribution in [-0.2, 0) is 30.4 Å². The number of carboxylic acids is 1. The van der Waals surface area contributed by atoms with Gasteiger partial charge in [-0.25, -0.2) is 4.79 Å². The van der Waals surface area contributed by atoms with Crippen molar-refractivity contribution < 1.29 is 34.2 Å². The maximum atomic E-state index is 13.1. The highest BCUT2D eigenvalue weighted by Gasteiger charge is 2.32. The predicted molar refractivity (Wildman–Crippen MR) is 130 cm³/mol. The first kappa shape index (κ1) is 29.9. The van der Waals surface area contributed by atoms with Gasteiger partial charge in [-0.1, -0.05) is 30.3 Å². The van der Waals surface area contributed by atoms with Crippen LogP contribution in [0.15, 0.2) is 30.3 Å². The van der Waals surface area contributed by atoms with Crippen molar-refractivity contribution in [3.63, 3.8) is 0 Å². The number of primary amides is 1. The van der Waals surface area contributed by atoms with Crippen molar-refractivity contribution in [3.8, 4) is 0 Å². The number of carboxylic acid groups (broad SMARTS) is 1. The average molecular weight is 512 g/mol. The van der Waals surface area contributed by atoms with E-state index in [-0.39, 0.29) is 12.8 Å². The van der Waals surface area contributed by atoms with Crippen LogP contribution in [-0.4, -0.2) is 82.1 Å². The maximum Gasteiger partial charge on any atom is 0.328 e. The fourth-order valence-electron chi connectivity index (χ4n) is 3.07. The van der Waals surface area contributed by atoms with Gasteiger partial charge in [-0.05, 0) is 30.9 Å². The topological polar surface area (TPSA) is 214 Å². The zero-order valence-electron chi connectivity index (χ0n) is 19.6. The van der Waals surface area contributed by atoms with Crippen molar-refractivity contribution in [2.75, 3.05) is 12.0 Å². The van der Waals surface area contributed by atoms with E-state index in [1.807, 2.05) is 6.26 Å². The van der Waals surface area contributed by atoms with E-state index >= 15 is 0 Å². The normalized spacial score (nSPS) is 15.1. The molecule has 1 rings (SSSR count). The van der Waals surface area contributed by atoms with Gasteiger partial charge < -0.3 is 37.6 Å². The van der Waals surface area contributed by atoms with E-state index in [9.17, 15) is 34.2 Å². The highest BCUT2D eigenvalue weighted by Crippen LogP contribution is 2.07. The van der Waals surface area contributed by atoms with Crippen molar-refractivity contribution in [2.45, 2.75) is 56.5 Å². The number of hydrogen-bond donors (Lipinski definition) is 7. The van der Waals surface area contributed by atoms with Gasteiger partial charge in [-0.2, -0.15) is 11.8 Å². The molecule has 0 saturated heterocycles. The third-order valence-electron chi connectivity index (χ3n) is 4.96. The standard InChI is InChI=1S/C22H33N5O7S/c1-12(28)18(22(33)34)27-21(32)16(10-13-6-4-3-5-7-13)26-20(31)15(8-9-35-2)25-19(30)14(23)11-17(24)29/h3-7,12,14-16,18,28H,8-11,23H2,1-2H3,(H2,24,29)(H,25,30)(H,26,31)(H,27,32)(H,33,34). The summed E-state index contributed by atoms with van der Waals surface area (Å²) in [4.78, 5) is 60.8. The lowest BCUT2D eigenvalue weighted by Crippen LogP contribution is -2.59. The van der Waals surface area contributed by atoms with Gasteiger partial charge in [0.2, 0.25) is 23.6 Å². The van der Waals surface area contributed by atoms with Gasteiger partial charge in [0.1, 0.15) is 12.1 Å². The Labute approximate surface area is 207 Å². The summed E-state index contributed by atoms with van der Waals surface area (Å²) >= 11 is 1.43. The molecule has 5 unspecified atom stereocenters. The number of nitrogens with two attached hydrogens (primary N) is 2. The van der Waals surface area contributed by atoms with Gasteiger partial charge in [0.15, 0.2) is 6.04 Å². The Morgan fingerprint density at radius 2 is 1.54 bits per heavy atom. The first-order valence-corrected chi connectivity index (χ1v) is 12.2. The Bertz CT molecular complexity index is 884. The number of aliphatic carboxylic acids is 1. The number of amides is 4. The number of carbonyl (C=O) groups excluding carboxylic acids is 4. The first-order chi connectivity index (χ1) is 16.5. The number of nitrogens with one attached hydrogen (secondary N) is 3. The summed E-state index contributed by atoms with van der Waals surface area (Å²) in [5, 5.41) is 26.3. The average Bonchev–Trinajstić information content (AvgIpc) is 2.79. The Hall–Kier alpha value is -3.16. The third-order valence-corrected chi connectivity index (χ3v) is 5.61. The molecule has 0 aliphatic heterocycles. The molecule has 4 amide bonds. The van der Waals surface area contributed by atoms with Crippen LogP contribution in [0.2, 0.25) is 0 Å². The van der Waals surface area contributed by atoms with Crippen LogP contribution in [0.1, 0.15) is 25.3 Å². The number of thioether (sulfide) groups is 1. The molecule has 5 atom stereocenters. The molecule has 194 valence electrons. The lowest BCUT2D eigenvalue weighted by Gasteiger charge is -2.26. The van der Waals surface area contributed by atoms with Gasteiger partial charge in [0.25, 0.3) is 0 Å². The summed E-state index contributed by atoms with van der Waals surface area (Å²) in [5.74, 6) is -4.00. The minimum Gasteiger partial charge on any atom is -0.480 e. The summed E-state index contributed by atoms with van der Waals surface area (Å²) in [7, 11) is 0. The summed E-state index contributed by atoms with van der Waals surface area (Å²) < 4.78 is 0. The Balaban J connectivity index is 3.09. The number of aliphatic hydroxyl groups is 1. The molecule has 35 heavy (non-hydrogen) atoms. The molecule has 0 spiro atoms. The zero-order valence-corrected chi connectivity index (χ0v) is 20.4. The van der Waals surface area contributed by atoms with Gasteiger partial charge in [-0.3, -0.25) is 19.2 Å². The quantitative estimate of drug-likeness (QED) is 0.140. The van der Waals surface area contributed by atoms with Crippen LogP contribution >= 0.6 is 11.8 Å². The fourth-order valence-corrected chi connectivity index (χ4v) is 3.54.